The molecule has 0 spiro atoms. The number of halogens is 1. The molecule has 30 heavy (non-hydrogen) atoms. The second-order valence-corrected chi connectivity index (χ2v) is 7.91. The summed E-state index contributed by atoms with van der Waals surface area (Å²) in [5.74, 6) is 1.08. The number of furan rings is 1. The zero-order valence-electron chi connectivity index (χ0n) is 16.6. The average Bonchev–Trinajstić information content (AvgIpc) is 3.28. The maximum Gasteiger partial charge on any atom is 0.264 e. The first kappa shape index (κ1) is 20.1. The largest absolute Gasteiger partial charge is 0.466 e. The Morgan fingerprint density at radius 1 is 1.23 bits per heavy atom. The minimum absolute atomic E-state index is 0.150. The molecule has 3 aromatic heterocycles. The average molecular weight is 470 g/mol. The Hall–Kier alpha value is -3.20. The molecule has 8 nitrogen and oxygen atoms in total. The zero-order valence-corrected chi connectivity index (χ0v) is 18.1. The number of hydrogen-bond acceptors (Lipinski definition) is 5. The van der Waals surface area contributed by atoms with E-state index in [1.165, 1.54) is 12.5 Å². The standard InChI is InChI=1S/C21H20BrN5O3/c1-13-9-17(14(2)30-13)20(28)23-7-8-27-19-18(10-25-27)21(29)26(12-24-19)11-15-3-5-16(22)6-4-15/h3-6,9-10,12H,7-8,11H2,1-2H3,(H,23,28). The van der Waals surface area contributed by atoms with Crippen LogP contribution in [0.5, 0.6) is 0 Å². The van der Waals surface area contributed by atoms with Crippen molar-refractivity contribution >= 4 is 32.9 Å². The van der Waals surface area contributed by atoms with E-state index in [0.717, 1.165) is 10.0 Å². The Bertz CT molecular complexity index is 1270. The first-order valence-corrected chi connectivity index (χ1v) is 10.2. The second kappa shape index (κ2) is 8.27. The molecule has 0 atom stereocenters. The number of rotatable bonds is 6. The Morgan fingerprint density at radius 3 is 2.70 bits per heavy atom. The van der Waals surface area contributed by atoms with Gasteiger partial charge in [-0.2, -0.15) is 5.10 Å². The summed E-state index contributed by atoms with van der Waals surface area (Å²) in [6, 6.07) is 9.49. The van der Waals surface area contributed by atoms with Crippen LogP contribution in [0.2, 0.25) is 0 Å². The normalized spacial score (nSPS) is 11.2. The van der Waals surface area contributed by atoms with Gasteiger partial charge in [0.2, 0.25) is 0 Å². The molecule has 1 amide bonds. The van der Waals surface area contributed by atoms with E-state index < -0.39 is 0 Å². The summed E-state index contributed by atoms with van der Waals surface area (Å²) in [5, 5.41) is 7.56. The van der Waals surface area contributed by atoms with Crippen LogP contribution in [-0.4, -0.2) is 31.8 Å². The molecule has 154 valence electrons. The third-order valence-corrected chi connectivity index (χ3v) is 5.31. The van der Waals surface area contributed by atoms with Gasteiger partial charge in [0.25, 0.3) is 11.5 Å². The van der Waals surface area contributed by atoms with Crippen LogP contribution >= 0.6 is 15.9 Å². The van der Waals surface area contributed by atoms with E-state index in [0.29, 0.717) is 47.8 Å². The van der Waals surface area contributed by atoms with E-state index in [9.17, 15) is 9.59 Å². The molecule has 1 aromatic carbocycles. The minimum atomic E-state index is -0.203. The van der Waals surface area contributed by atoms with Crippen molar-refractivity contribution in [1.29, 1.82) is 0 Å². The summed E-state index contributed by atoms with van der Waals surface area (Å²) in [5.41, 5.74) is 1.87. The van der Waals surface area contributed by atoms with Crippen molar-refractivity contribution < 1.29 is 9.21 Å². The van der Waals surface area contributed by atoms with Crippen LogP contribution in [0, 0.1) is 13.8 Å². The zero-order chi connectivity index (χ0) is 21.3. The van der Waals surface area contributed by atoms with Crippen LogP contribution in [0.1, 0.15) is 27.4 Å². The van der Waals surface area contributed by atoms with Crippen molar-refractivity contribution in [1.82, 2.24) is 24.6 Å². The SMILES string of the molecule is Cc1cc(C(=O)NCCn2ncc3c(=O)n(Cc4ccc(Br)cc4)cnc32)c(C)o1. The van der Waals surface area contributed by atoms with E-state index in [2.05, 4.69) is 31.3 Å². The van der Waals surface area contributed by atoms with Gasteiger partial charge in [0, 0.05) is 11.0 Å². The van der Waals surface area contributed by atoms with E-state index in [1.54, 1.807) is 29.2 Å². The lowest BCUT2D eigenvalue weighted by atomic mass is 10.2. The van der Waals surface area contributed by atoms with Crippen molar-refractivity contribution in [3.8, 4) is 0 Å². The molecule has 0 fully saturated rings. The molecule has 0 saturated carbocycles. The van der Waals surface area contributed by atoms with Gasteiger partial charge in [-0.1, -0.05) is 28.1 Å². The van der Waals surface area contributed by atoms with Crippen LogP contribution < -0.4 is 10.9 Å². The first-order valence-electron chi connectivity index (χ1n) is 9.43. The van der Waals surface area contributed by atoms with Crippen LogP contribution in [0.4, 0.5) is 0 Å². The molecule has 0 bridgehead atoms. The Morgan fingerprint density at radius 2 is 2.00 bits per heavy atom. The van der Waals surface area contributed by atoms with Gasteiger partial charge < -0.3 is 9.73 Å². The lowest BCUT2D eigenvalue weighted by Crippen LogP contribution is -2.28. The highest BCUT2D eigenvalue weighted by Gasteiger charge is 2.14. The van der Waals surface area contributed by atoms with Crippen LogP contribution in [0.3, 0.4) is 0 Å². The first-order chi connectivity index (χ1) is 14.4. The van der Waals surface area contributed by atoms with Gasteiger partial charge in [0.1, 0.15) is 23.2 Å². The highest BCUT2D eigenvalue weighted by atomic mass is 79.9. The fraction of sp³-hybridized carbons (Fsp3) is 0.238. The molecule has 4 rings (SSSR count). The van der Waals surface area contributed by atoms with Gasteiger partial charge in [0.05, 0.1) is 24.8 Å². The number of fused-ring (bicyclic) bond motifs is 1. The molecule has 0 aliphatic carbocycles. The number of carbonyl (C=O) groups excluding carboxylic acids is 1. The molecule has 9 heteroatoms. The molecule has 0 aliphatic rings. The van der Waals surface area contributed by atoms with Gasteiger partial charge in [-0.3, -0.25) is 14.2 Å². The Balaban J connectivity index is 1.46. The molecule has 0 saturated heterocycles. The third-order valence-electron chi connectivity index (χ3n) is 4.78. The highest BCUT2D eigenvalue weighted by Crippen LogP contribution is 2.14. The quantitative estimate of drug-likeness (QED) is 0.468. The third kappa shape index (κ3) is 4.06. The minimum Gasteiger partial charge on any atom is -0.466 e. The topological polar surface area (TPSA) is 95.0 Å². The van der Waals surface area contributed by atoms with Gasteiger partial charge in [-0.25, -0.2) is 9.67 Å². The number of hydrogen-bond donors (Lipinski definition) is 1. The molecule has 0 radical (unpaired) electrons. The number of nitrogens with zero attached hydrogens (tertiary/aromatic N) is 4. The molecule has 0 aliphatic heterocycles. The summed E-state index contributed by atoms with van der Waals surface area (Å²) in [6.45, 7) is 4.73. The number of carbonyl (C=O) groups is 1. The van der Waals surface area contributed by atoms with E-state index in [-0.39, 0.29) is 11.5 Å². The van der Waals surface area contributed by atoms with Crippen LogP contribution in [0.25, 0.3) is 11.0 Å². The molecule has 1 N–H and O–H groups in total. The second-order valence-electron chi connectivity index (χ2n) is 6.99. The number of nitrogens with one attached hydrogen (secondary N) is 1. The predicted octanol–water partition coefficient (Wildman–Crippen LogP) is 3.04. The number of benzene rings is 1. The summed E-state index contributed by atoms with van der Waals surface area (Å²) in [6.07, 6.45) is 3.05. The van der Waals surface area contributed by atoms with E-state index in [1.807, 2.05) is 24.3 Å². The fourth-order valence-corrected chi connectivity index (χ4v) is 3.55. The number of aromatic nitrogens is 4. The summed E-state index contributed by atoms with van der Waals surface area (Å²) in [7, 11) is 0. The Labute approximate surface area is 180 Å². The van der Waals surface area contributed by atoms with Gasteiger partial charge in [-0.05, 0) is 37.6 Å². The van der Waals surface area contributed by atoms with Crippen LogP contribution in [0.15, 0.2) is 56.5 Å². The molecular weight excluding hydrogens is 450 g/mol. The summed E-state index contributed by atoms with van der Waals surface area (Å²) < 4.78 is 9.55. The maximum atomic E-state index is 12.8. The molecule has 3 heterocycles. The van der Waals surface area contributed by atoms with Crippen molar-refractivity contribution in [2.45, 2.75) is 26.9 Å². The van der Waals surface area contributed by atoms with Gasteiger partial charge in [-0.15, -0.1) is 0 Å². The van der Waals surface area contributed by atoms with Crippen molar-refractivity contribution in [3.63, 3.8) is 0 Å². The van der Waals surface area contributed by atoms with Crippen molar-refractivity contribution in [3.05, 3.63) is 80.3 Å². The van der Waals surface area contributed by atoms with E-state index in [4.69, 9.17) is 4.42 Å². The fourth-order valence-electron chi connectivity index (χ4n) is 3.29. The summed E-state index contributed by atoms with van der Waals surface area (Å²) in [4.78, 5) is 29.5. The predicted molar refractivity (Wildman–Crippen MR) is 116 cm³/mol. The molecule has 0 unspecified atom stereocenters. The monoisotopic (exact) mass is 469 g/mol. The van der Waals surface area contributed by atoms with E-state index >= 15 is 0 Å². The molecular formula is C21H20BrN5O3. The van der Waals surface area contributed by atoms with Gasteiger partial charge >= 0.3 is 0 Å². The molecule has 4 aromatic rings. The Kier molecular flexibility index (Phi) is 5.54. The van der Waals surface area contributed by atoms with Crippen LogP contribution in [-0.2, 0) is 13.1 Å². The van der Waals surface area contributed by atoms with Crippen molar-refractivity contribution in [2.75, 3.05) is 6.54 Å². The summed E-state index contributed by atoms with van der Waals surface area (Å²) >= 11 is 3.41. The highest BCUT2D eigenvalue weighted by molar-refractivity contribution is 9.10. The van der Waals surface area contributed by atoms with Crippen molar-refractivity contribution in [2.24, 2.45) is 0 Å². The smallest absolute Gasteiger partial charge is 0.264 e. The van der Waals surface area contributed by atoms with Gasteiger partial charge in [0.15, 0.2) is 5.65 Å². The number of amides is 1. The maximum absolute atomic E-state index is 12.8. The lowest BCUT2D eigenvalue weighted by molar-refractivity contribution is 0.0950. The lowest BCUT2D eigenvalue weighted by Gasteiger charge is -2.07. The number of aryl methyl sites for hydroxylation is 2.